The Morgan fingerprint density at radius 3 is 3.00 bits per heavy atom. The van der Waals surface area contributed by atoms with Crippen LogP contribution < -0.4 is 4.74 Å². The molecule has 0 saturated heterocycles. The molecular weight excluding hydrogens is 149 g/mol. The third kappa shape index (κ3) is 1.65. The van der Waals surface area contributed by atoms with Crippen molar-refractivity contribution in [1.29, 1.82) is 0 Å². The predicted molar refractivity (Wildman–Crippen MR) is 36.7 cm³/mol. The van der Waals surface area contributed by atoms with Gasteiger partial charge in [0, 0.05) is 11.6 Å². The highest BCUT2D eigenvalue weighted by atomic mass is 19.1. The first-order valence-corrected chi connectivity index (χ1v) is 3.07. The van der Waals surface area contributed by atoms with E-state index in [2.05, 4.69) is 4.98 Å². The molecule has 0 spiro atoms. The monoisotopic (exact) mass is 157 g/mol. The number of methoxy groups -OCH3 is 1. The quantitative estimate of drug-likeness (QED) is 0.643. The minimum atomic E-state index is -0.616. The first kappa shape index (κ1) is 7.94. The summed E-state index contributed by atoms with van der Waals surface area (Å²) in [5, 5.41) is 8.70. The van der Waals surface area contributed by atoms with Crippen molar-refractivity contribution in [2.45, 2.75) is 6.61 Å². The molecule has 60 valence electrons. The SMILES string of the molecule is COc1cnc(F)cc1CO. The van der Waals surface area contributed by atoms with E-state index in [0.717, 1.165) is 6.07 Å². The number of aromatic nitrogens is 1. The molecule has 0 unspecified atom stereocenters. The summed E-state index contributed by atoms with van der Waals surface area (Å²) >= 11 is 0. The van der Waals surface area contributed by atoms with E-state index < -0.39 is 5.95 Å². The van der Waals surface area contributed by atoms with Gasteiger partial charge in [0.15, 0.2) is 0 Å². The van der Waals surface area contributed by atoms with Gasteiger partial charge in [-0.25, -0.2) is 4.98 Å². The fraction of sp³-hybridized carbons (Fsp3) is 0.286. The molecule has 0 fully saturated rings. The first-order chi connectivity index (χ1) is 5.27. The number of pyridine rings is 1. The van der Waals surface area contributed by atoms with Crippen LogP contribution in [-0.4, -0.2) is 17.2 Å². The van der Waals surface area contributed by atoms with Gasteiger partial charge in [0.05, 0.1) is 19.9 Å². The van der Waals surface area contributed by atoms with Crippen LogP contribution in [0, 0.1) is 5.95 Å². The molecule has 3 nitrogen and oxygen atoms in total. The van der Waals surface area contributed by atoms with Crippen LogP contribution in [0.15, 0.2) is 12.3 Å². The van der Waals surface area contributed by atoms with Crippen molar-refractivity contribution >= 4 is 0 Å². The number of hydrogen-bond acceptors (Lipinski definition) is 3. The van der Waals surface area contributed by atoms with Crippen molar-refractivity contribution in [3.8, 4) is 5.75 Å². The Bertz CT molecular complexity index is 252. The molecule has 0 aromatic carbocycles. The molecule has 0 aliphatic heterocycles. The number of rotatable bonds is 2. The first-order valence-electron chi connectivity index (χ1n) is 3.07. The maximum Gasteiger partial charge on any atom is 0.213 e. The molecule has 1 aromatic rings. The Kier molecular flexibility index (Phi) is 2.38. The van der Waals surface area contributed by atoms with Crippen LogP contribution in [0.25, 0.3) is 0 Å². The number of aliphatic hydroxyl groups excluding tert-OH is 1. The third-order valence-corrected chi connectivity index (χ3v) is 1.31. The summed E-state index contributed by atoms with van der Waals surface area (Å²) in [4.78, 5) is 3.36. The van der Waals surface area contributed by atoms with Crippen LogP contribution in [-0.2, 0) is 6.61 Å². The highest BCUT2D eigenvalue weighted by Crippen LogP contribution is 2.16. The number of nitrogens with zero attached hydrogens (tertiary/aromatic N) is 1. The van der Waals surface area contributed by atoms with Crippen molar-refractivity contribution in [1.82, 2.24) is 4.98 Å². The maximum absolute atomic E-state index is 12.4. The van der Waals surface area contributed by atoms with Crippen LogP contribution >= 0.6 is 0 Å². The highest BCUT2D eigenvalue weighted by molar-refractivity contribution is 5.29. The van der Waals surface area contributed by atoms with Gasteiger partial charge in [-0.3, -0.25) is 0 Å². The summed E-state index contributed by atoms with van der Waals surface area (Å²) in [6, 6.07) is 1.14. The van der Waals surface area contributed by atoms with Gasteiger partial charge >= 0.3 is 0 Å². The van der Waals surface area contributed by atoms with E-state index in [1.807, 2.05) is 0 Å². The Morgan fingerprint density at radius 1 is 1.73 bits per heavy atom. The van der Waals surface area contributed by atoms with Gasteiger partial charge in [-0.05, 0) is 0 Å². The number of hydrogen-bond donors (Lipinski definition) is 1. The summed E-state index contributed by atoms with van der Waals surface area (Å²) in [5.74, 6) is -0.219. The molecular formula is C7H8FNO2. The standard InChI is InChI=1S/C7H8FNO2/c1-11-6-3-9-7(8)2-5(6)4-10/h2-3,10H,4H2,1H3. The number of ether oxygens (including phenoxy) is 1. The van der Waals surface area contributed by atoms with Crippen molar-refractivity contribution in [3.63, 3.8) is 0 Å². The van der Waals surface area contributed by atoms with Crippen LogP contribution in [0.5, 0.6) is 5.75 Å². The molecule has 1 rings (SSSR count). The number of aliphatic hydroxyl groups is 1. The largest absolute Gasteiger partial charge is 0.495 e. The molecule has 0 atom stereocenters. The second-order valence-electron chi connectivity index (χ2n) is 1.98. The molecule has 1 N–H and O–H groups in total. The molecule has 0 aliphatic carbocycles. The molecule has 4 heteroatoms. The average Bonchev–Trinajstić information content (AvgIpc) is 2.04. The smallest absolute Gasteiger partial charge is 0.213 e. The van der Waals surface area contributed by atoms with Crippen molar-refractivity contribution in [3.05, 3.63) is 23.8 Å². The number of halogens is 1. The minimum Gasteiger partial charge on any atom is -0.495 e. The summed E-state index contributed by atoms with van der Waals surface area (Å²) in [6.45, 7) is -0.247. The molecule has 0 saturated carbocycles. The summed E-state index contributed by atoms with van der Waals surface area (Å²) in [7, 11) is 1.44. The lowest BCUT2D eigenvalue weighted by atomic mass is 10.2. The van der Waals surface area contributed by atoms with Crippen molar-refractivity contribution in [2.75, 3.05) is 7.11 Å². The van der Waals surface area contributed by atoms with Crippen LogP contribution in [0.1, 0.15) is 5.56 Å². The van der Waals surface area contributed by atoms with Crippen LogP contribution in [0.4, 0.5) is 4.39 Å². The fourth-order valence-electron chi connectivity index (χ4n) is 0.763. The zero-order valence-electron chi connectivity index (χ0n) is 6.04. The van der Waals surface area contributed by atoms with Gasteiger partial charge in [-0.15, -0.1) is 0 Å². The maximum atomic E-state index is 12.4. The molecule has 0 bridgehead atoms. The Hall–Kier alpha value is -1.16. The van der Waals surface area contributed by atoms with Crippen molar-refractivity contribution < 1.29 is 14.2 Å². The summed E-state index contributed by atoms with van der Waals surface area (Å²) < 4.78 is 17.2. The second kappa shape index (κ2) is 3.30. The van der Waals surface area contributed by atoms with Gasteiger partial charge in [0.1, 0.15) is 5.75 Å². The third-order valence-electron chi connectivity index (χ3n) is 1.31. The average molecular weight is 157 g/mol. The molecule has 11 heavy (non-hydrogen) atoms. The molecule has 1 heterocycles. The van der Waals surface area contributed by atoms with Gasteiger partial charge in [-0.2, -0.15) is 4.39 Å². The molecule has 0 radical (unpaired) electrons. The van der Waals surface area contributed by atoms with E-state index in [1.165, 1.54) is 13.3 Å². The highest BCUT2D eigenvalue weighted by Gasteiger charge is 2.02. The predicted octanol–water partition coefficient (Wildman–Crippen LogP) is 0.722. The van der Waals surface area contributed by atoms with E-state index >= 15 is 0 Å². The molecule has 1 aromatic heterocycles. The second-order valence-corrected chi connectivity index (χ2v) is 1.98. The van der Waals surface area contributed by atoms with E-state index in [9.17, 15) is 4.39 Å². The Labute approximate surface area is 63.5 Å². The Morgan fingerprint density at radius 2 is 2.45 bits per heavy atom. The van der Waals surface area contributed by atoms with E-state index in [4.69, 9.17) is 9.84 Å². The fourth-order valence-corrected chi connectivity index (χ4v) is 0.763. The van der Waals surface area contributed by atoms with E-state index in [-0.39, 0.29) is 6.61 Å². The Balaban J connectivity index is 3.06. The zero-order chi connectivity index (χ0) is 8.27. The van der Waals surface area contributed by atoms with Crippen molar-refractivity contribution in [2.24, 2.45) is 0 Å². The van der Waals surface area contributed by atoms with Crippen LogP contribution in [0.3, 0.4) is 0 Å². The van der Waals surface area contributed by atoms with E-state index in [1.54, 1.807) is 0 Å². The van der Waals surface area contributed by atoms with Crippen LogP contribution in [0.2, 0.25) is 0 Å². The zero-order valence-corrected chi connectivity index (χ0v) is 6.04. The molecule has 0 amide bonds. The molecule has 0 aliphatic rings. The topological polar surface area (TPSA) is 42.4 Å². The lowest BCUT2D eigenvalue weighted by Gasteiger charge is -2.03. The summed E-state index contributed by atoms with van der Waals surface area (Å²) in [5.41, 5.74) is 0.403. The normalized spacial score (nSPS) is 9.73. The van der Waals surface area contributed by atoms with Gasteiger partial charge in [0.2, 0.25) is 5.95 Å². The lowest BCUT2D eigenvalue weighted by Crippen LogP contribution is -1.94. The van der Waals surface area contributed by atoms with Gasteiger partial charge < -0.3 is 9.84 Å². The summed E-state index contributed by atoms with van der Waals surface area (Å²) in [6.07, 6.45) is 1.24. The minimum absolute atomic E-state index is 0.247. The van der Waals surface area contributed by atoms with Gasteiger partial charge in [-0.1, -0.05) is 0 Å². The van der Waals surface area contributed by atoms with E-state index in [0.29, 0.717) is 11.3 Å². The van der Waals surface area contributed by atoms with Gasteiger partial charge in [0.25, 0.3) is 0 Å². The lowest BCUT2D eigenvalue weighted by molar-refractivity contribution is 0.272.